The maximum absolute atomic E-state index is 13.9. The van der Waals surface area contributed by atoms with Crippen LogP contribution in [0.5, 0.6) is 0 Å². The molecule has 0 aliphatic heterocycles. The molecule has 0 spiro atoms. The minimum Gasteiger partial charge on any atom is -0.264 e. The molecule has 2 heterocycles. The number of nitrogens with zero attached hydrogens (tertiary/aromatic N) is 4. The van der Waals surface area contributed by atoms with E-state index in [9.17, 15) is 4.39 Å². The van der Waals surface area contributed by atoms with Gasteiger partial charge in [0, 0.05) is 17.8 Å². The van der Waals surface area contributed by atoms with Crippen LogP contribution in [0.1, 0.15) is 11.3 Å². The Balaban J connectivity index is 2.17. The summed E-state index contributed by atoms with van der Waals surface area (Å²) in [6.45, 7) is 0.382. The number of nitriles is 1. The molecule has 1 aromatic carbocycles. The van der Waals surface area contributed by atoms with Gasteiger partial charge in [0.05, 0.1) is 6.54 Å². The standard InChI is InChI=1S/C14H9FN4/c15-12-5-1-4-11-13(7-16)18-19(14(11)12)9-10-3-2-6-17-8-10/h1-6,8H,9H2. The summed E-state index contributed by atoms with van der Waals surface area (Å²) in [5.41, 5.74) is 1.49. The topological polar surface area (TPSA) is 54.5 Å². The van der Waals surface area contributed by atoms with Crippen molar-refractivity contribution in [3.63, 3.8) is 0 Å². The molecule has 19 heavy (non-hydrogen) atoms. The predicted octanol–water partition coefficient (Wildman–Crippen LogP) is 2.49. The van der Waals surface area contributed by atoms with Crippen molar-refractivity contribution in [3.8, 4) is 6.07 Å². The first kappa shape index (κ1) is 11.4. The predicted molar refractivity (Wildman–Crippen MR) is 67.7 cm³/mol. The van der Waals surface area contributed by atoms with Crippen molar-refractivity contribution in [2.24, 2.45) is 0 Å². The second-order valence-corrected chi connectivity index (χ2v) is 4.12. The van der Waals surface area contributed by atoms with E-state index in [2.05, 4.69) is 10.1 Å². The number of hydrogen-bond acceptors (Lipinski definition) is 3. The number of para-hydroxylation sites is 1. The fraction of sp³-hybridized carbons (Fsp3) is 0.0714. The van der Waals surface area contributed by atoms with Crippen LogP contribution in [-0.4, -0.2) is 14.8 Å². The zero-order valence-electron chi connectivity index (χ0n) is 9.92. The third-order valence-electron chi connectivity index (χ3n) is 2.88. The van der Waals surface area contributed by atoms with Gasteiger partial charge in [0.2, 0.25) is 0 Å². The molecule has 3 rings (SSSR count). The quantitative estimate of drug-likeness (QED) is 0.704. The van der Waals surface area contributed by atoms with Crippen LogP contribution < -0.4 is 0 Å². The molecule has 0 unspecified atom stereocenters. The van der Waals surface area contributed by atoms with Crippen molar-refractivity contribution < 1.29 is 4.39 Å². The molecule has 0 atom stereocenters. The minimum absolute atomic E-state index is 0.235. The number of halogens is 1. The highest BCUT2D eigenvalue weighted by molar-refractivity contribution is 5.84. The zero-order valence-corrected chi connectivity index (χ0v) is 9.92. The number of rotatable bonds is 2. The van der Waals surface area contributed by atoms with Gasteiger partial charge in [-0.05, 0) is 23.8 Å². The summed E-state index contributed by atoms with van der Waals surface area (Å²) in [4.78, 5) is 4.01. The number of fused-ring (bicyclic) bond motifs is 1. The molecule has 0 bridgehead atoms. The van der Waals surface area contributed by atoms with E-state index in [1.54, 1.807) is 24.5 Å². The lowest BCUT2D eigenvalue weighted by molar-refractivity contribution is 0.615. The Morgan fingerprint density at radius 2 is 2.16 bits per heavy atom. The fourth-order valence-electron chi connectivity index (χ4n) is 2.05. The molecule has 92 valence electrons. The Morgan fingerprint density at radius 3 is 2.89 bits per heavy atom. The van der Waals surface area contributed by atoms with Crippen molar-refractivity contribution in [3.05, 3.63) is 59.8 Å². The van der Waals surface area contributed by atoms with Gasteiger partial charge in [-0.15, -0.1) is 0 Å². The van der Waals surface area contributed by atoms with Gasteiger partial charge in [0.25, 0.3) is 0 Å². The summed E-state index contributed by atoms with van der Waals surface area (Å²) in [5, 5.41) is 13.7. The van der Waals surface area contributed by atoms with Gasteiger partial charge < -0.3 is 0 Å². The van der Waals surface area contributed by atoms with Gasteiger partial charge >= 0.3 is 0 Å². The largest absolute Gasteiger partial charge is 0.264 e. The number of pyridine rings is 1. The summed E-state index contributed by atoms with van der Waals surface area (Å²) < 4.78 is 15.4. The summed E-state index contributed by atoms with van der Waals surface area (Å²) in [7, 11) is 0. The van der Waals surface area contributed by atoms with Gasteiger partial charge in [0.15, 0.2) is 5.69 Å². The maximum atomic E-state index is 13.9. The van der Waals surface area contributed by atoms with Gasteiger partial charge in [-0.25, -0.2) is 4.39 Å². The maximum Gasteiger partial charge on any atom is 0.170 e. The van der Waals surface area contributed by atoms with E-state index in [0.29, 0.717) is 17.4 Å². The van der Waals surface area contributed by atoms with E-state index in [1.165, 1.54) is 10.7 Å². The molecule has 2 aromatic heterocycles. The van der Waals surface area contributed by atoms with Crippen molar-refractivity contribution in [2.75, 3.05) is 0 Å². The Bertz CT molecular complexity index is 771. The van der Waals surface area contributed by atoms with E-state index in [1.807, 2.05) is 18.2 Å². The summed E-state index contributed by atoms with van der Waals surface area (Å²) >= 11 is 0. The van der Waals surface area contributed by atoms with Crippen molar-refractivity contribution in [2.45, 2.75) is 6.54 Å². The van der Waals surface area contributed by atoms with Crippen LogP contribution in [0, 0.1) is 17.1 Å². The molecular formula is C14H9FN4. The van der Waals surface area contributed by atoms with Crippen LogP contribution in [0.15, 0.2) is 42.7 Å². The van der Waals surface area contributed by atoms with Gasteiger partial charge in [-0.2, -0.15) is 10.4 Å². The molecule has 4 nitrogen and oxygen atoms in total. The fourth-order valence-corrected chi connectivity index (χ4v) is 2.05. The summed E-state index contributed by atoms with van der Waals surface area (Å²) in [6.07, 6.45) is 3.37. The highest BCUT2D eigenvalue weighted by atomic mass is 19.1. The molecule has 0 aliphatic rings. The van der Waals surface area contributed by atoms with Gasteiger partial charge in [0.1, 0.15) is 17.4 Å². The summed E-state index contributed by atoms with van der Waals surface area (Å²) in [6, 6.07) is 10.3. The van der Waals surface area contributed by atoms with Gasteiger partial charge in [-0.3, -0.25) is 9.67 Å². The SMILES string of the molecule is N#Cc1nn(Cc2cccnc2)c2c(F)cccc12. The van der Waals surface area contributed by atoms with Crippen LogP contribution in [0.2, 0.25) is 0 Å². The van der Waals surface area contributed by atoms with Gasteiger partial charge in [-0.1, -0.05) is 12.1 Å². The molecular weight excluding hydrogens is 243 g/mol. The Kier molecular flexibility index (Phi) is 2.69. The van der Waals surface area contributed by atoms with Crippen LogP contribution >= 0.6 is 0 Å². The van der Waals surface area contributed by atoms with E-state index >= 15 is 0 Å². The second-order valence-electron chi connectivity index (χ2n) is 4.12. The zero-order chi connectivity index (χ0) is 13.2. The van der Waals surface area contributed by atoms with E-state index in [4.69, 9.17) is 5.26 Å². The Labute approximate surface area is 108 Å². The van der Waals surface area contributed by atoms with E-state index in [-0.39, 0.29) is 11.5 Å². The Morgan fingerprint density at radius 1 is 1.26 bits per heavy atom. The number of hydrogen-bond donors (Lipinski definition) is 0. The Hall–Kier alpha value is -2.74. The molecule has 0 aliphatic carbocycles. The van der Waals surface area contributed by atoms with Crippen molar-refractivity contribution >= 4 is 10.9 Å². The average Bonchev–Trinajstić information content (AvgIpc) is 2.79. The number of aromatic nitrogens is 3. The van der Waals surface area contributed by atoms with E-state index in [0.717, 1.165) is 5.56 Å². The first-order chi connectivity index (χ1) is 9.29. The van der Waals surface area contributed by atoms with Crippen LogP contribution in [0.3, 0.4) is 0 Å². The highest BCUT2D eigenvalue weighted by Crippen LogP contribution is 2.21. The molecule has 3 aromatic rings. The molecule has 0 saturated heterocycles. The lowest BCUT2D eigenvalue weighted by Crippen LogP contribution is -2.03. The van der Waals surface area contributed by atoms with Crippen molar-refractivity contribution in [1.29, 1.82) is 5.26 Å². The molecule has 0 N–H and O–H groups in total. The smallest absolute Gasteiger partial charge is 0.170 e. The molecule has 0 fully saturated rings. The van der Waals surface area contributed by atoms with Crippen LogP contribution in [0.4, 0.5) is 4.39 Å². The normalized spacial score (nSPS) is 10.5. The molecule has 0 radical (unpaired) electrons. The average molecular weight is 252 g/mol. The molecule has 0 saturated carbocycles. The first-order valence-corrected chi connectivity index (χ1v) is 5.73. The molecule has 5 heteroatoms. The minimum atomic E-state index is -0.379. The second kappa shape index (κ2) is 4.50. The number of benzene rings is 1. The van der Waals surface area contributed by atoms with Crippen molar-refractivity contribution in [1.82, 2.24) is 14.8 Å². The first-order valence-electron chi connectivity index (χ1n) is 5.73. The molecule has 0 amide bonds. The monoisotopic (exact) mass is 252 g/mol. The third-order valence-corrected chi connectivity index (χ3v) is 2.88. The third kappa shape index (κ3) is 1.93. The van der Waals surface area contributed by atoms with Crippen LogP contribution in [0.25, 0.3) is 10.9 Å². The summed E-state index contributed by atoms with van der Waals surface area (Å²) in [5.74, 6) is -0.379. The lowest BCUT2D eigenvalue weighted by atomic mass is 10.2. The lowest BCUT2D eigenvalue weighted by Gasteiger charge is -2.03. The van der Waals surface area contributed by atoms with E-state index < -0.39 is 0 Å². The van der Waals surface area contributed by atoms with Crippen LogP contribution in [-0.2, 0) is 6.54 Å². The highest BCUT2D eigenvalue weighted by Gasteiger charge is 2.13.